The lowest BCUT2D eigenvalue weighted by molar-refractivity contribution is 0.0528. The fourth-order valence-electron chi connectivity index (χ4n) is 2.08. The molecule has 19 heavy (non-hydrogen) atoms. The molecule has 0 spiro atoms. The molecule has 0 bridgehead atoms. The minimum atomic E-state index is -0.433. The van der Waals surface area contributed by atoms with Gasteiger partial charge in [0.25, 0.3) is 0 Å². The van der Waals surface area contributed by atoms with Crippen molar-refractivity contribution in [2.24, 2.45) is 0 Å². The van der Waals surface area contributed by atoms with E-state index in [1.54, 1.807) is 6.92 Å². The summed E-state index contributed by atoms with van der Waals surface area (Å²) in [5, 5.41) is 4.62. The smallest absolute Gasteiger partial charge is 0.343 e. The summed E-state index contributed by atoms with van der Waals surface area (Å²) in [7, 11) is 0. The average molecular weight is 282 g/mol. The van der Waals surface area contributed by atoms with E-state index in [9.17, 15) is 4.79 Å². The Labute approximate surface area is 116 Å². The molecule has 0 saturated carbocycles. The van der Waals surface area contributed by atoms with Gasteiger partial charge in [0.1, 0.15) is 10.7 Å². The molecule has 6 heteroatoms. The second-order valence-corrected chi connectivity index (χ2v) is 4.93. The Morgan fingerprint density at radius 2 is 2.21 bits per heavy atom. The second kappa shape index (κ2) is 5.17. The van der Waals surface area contributed by atoms with Crippen LogP contribution in [-0.2, 0) is 4.74 Å². The van der Waals surface area contributed by atoms with Gasteiger partial charge in [-0.1, -0.05) is 25.4 Å². The van der Waals surface area contributed by atoms with Crippen LogP contribution in [0.25, 0.3) is 5.65 Å². The predicted molar refractivity (Wildman–Crippen MR) is 72.8 cm³/mol. The summed E-state index contributed by atoms with van der Waals surface area (Å²) in [6.45, 7) is 8.03. The molecule has 2 aromatic heterocycles. The zero-order chi connectivity index (χ0) is 14.2. The Hall–Kier alpha value is -1.62. The third-order valence-electron chi connectivity index (χ3n) is 2.89. The van der Waals surface area contributed by atoms with Gasteiger partial charge in [-0.15, -0.1) is 0 Å². The lowest BCUT2D eigenvalue weighted by Crippen LogP contribution is -2.08. The molecule has 0 amide bonds. The van der Waals surface area contributed by atoms with E-state index in [4.69, 9.17) is 16.3 Å². The number of esters is 1. The van der Waals surface area contributed by atoms with E-state index in [0.717, 1.165) is 11.3 Å². The fourth-order valence-corrected chi connectivity index (χ4v) is 2.56. The van der Waals surface area contributed by atoms with Crippen molar-refractivity contribution in [3.05, 3.63) is 28.2 Å². The number of aryl methyl sites for hydroxylation is 1. The van der Waals surface area contributed by atoms with E-state index >= 15 is 0 Å². The van der Waals surface area contributed by atoms with Gasteiger partial charge in [0.15, 0.2) is 5.65 Å². The fraction of sp³-hybridized carbons (Fsp3) is 0.462. The zero-order valence-corrected chi connectivity index (χ0v) is 12.2. The average Bonchev–Trinajstić information content (AvgIpc) is 2.72. The van der Waals surface area contributed by atoms with E-state index in [-0.39, 0.29) is 5.92 Å². The number of carbonyl (C=O) groups excluding carboxylic acids is 1. The van der Waals surface area contributed by atoms with E-state index in [0.29, 0.717) is 23.0 Å². The van der Waals surface area contributed by atoms with Crippen molar-refractivity contribution in [1.82, 2.24) is 14.6 Å². The van der Waals surface area contributed by atoms with Gasteiger partial charge in [-0.05, 0) is 19.8 Å². The molecule has 5 nitrogen and oxygen atoms in total. The lowest BCUT2D eigenvalue weighted by atomic mass is 10.0. The van der Waals surface area contributed by atoms with E-state index < -0.39 is 5.97 Å². The first kappa shape index (κ1) is 13.8. The van der Waals surface area contributed by atoms with Crippen LogP contribution in [0.2, 0.25) is 5.15 Å². The number of hydrogen-bond acceptors (Lipinski definition) is 4. The van der Waals surface area contributed by atoms with Gasteiger partial charge in [0, 0.05) is 11.3 Å². The molecule has 2 aromatic rings. The van der Waals surface area contributed by atoms with Crippen molar-refractivity contribution in [3.8, 4) is 0 Å². The zero-order valence-electron chi connectivity index (χ0n) is 11.4. The predicted octanol–water partition coefficient (Wildman–Crippen LogP) is 2.99. The SMILES string of the molecule is CCOC(=O)c1cnn2c(Cl)c(C(C)C)c(C)nc12. The largest absolute Gasteiger partial charge is 0.462 e. The number of aromatic nitrogens is 3. The Balaban J connectivity index is 2.66. The van der Waals surface area contributed by atoms with Crippen LogP contribution in [0.3, 0.4) is 0 Å². The standard InChI is InChI=1S/C13H16ClN3O2/c1-5-19-13(18)9-6-15-17-11(14)10(7(2)3)8(4)16-12(9)17/h6-7H,5H2,1-4H3. The highest BCUT2D eigenvalue weighted by Crippen LogP contribution is 2.28. The molecule has 0 aliphatic rings. The van der Waals surface area contributed by atoms with Crippen molar-refractivity contribution in [1.29, 1.82) is 0 Å². The summed E-state index contributed by atoms with van der Waals surface area (Å²) in [5.41, 5.74) is 2.51. The van der Waals surface area contributed by atoms with Crippen LogP contribution in [-0.4, -0.2) is 27.2 Å². The summed E-state index contributed by atoms with van der Waals surface area (Å²) in [6.07, 6.45) is 1.44. The molecule has 0 unspecified atom stereocenters. The van der Waals surface area contributed by atoms with E-state index in [2.05, 4.69) is 10.1 Å². The van der Waals surface area contributed by atoms with E-state index in [1.807, 2.05) is 20.8 Å². The van der Waals surface area contributed by atoms with Gasteiger partial charge in [-0.2, -0.15) is 5.10 Å². The number of ether oxygens (including phenoxy) is 1. The Kier molecular flexibility index (Phi) is 3.75. The second-order valence-electron chi connectivity index (χ2n) is 4.57. The number of rotatable bonds is 3. The van der Waals surface area contributed by atoms with Crippen LogP contribution in [0.1, 0.15) is 48.3 Å². The molecule has 0 aromatic carbocycles. The Bertz CT molecular complexity index is 634. The normalized spacial score (nSPS) is 11.3. The maximum absolute atomic E-state index is 11.8. The molecule has 0 aliphatic heterocycles. The number of carbonyl (C=O) groups is 1. The minimum Gasteiger partial charge on any atom is -0.462 e. The molecule has 2 rings (SSSR count). The van der Waals surface area contributed by atoms with Crippen LogP contribution in [0.15, 0.2) is 6.20 Å². The van der Waals surface area contributed by atoms with Gasteiger partial charge in [0.2, 0.25) is 0 Å². The topological polar surface area (TPSA) is 56.5 Å². The molecule has 0 atom stereocenters. The molecule has 0 aliphatic carbocycles. The van der Waals surface area contributed by atoms with E-state index in [1.165, 1.54) is 10.7 Å². The molecular weight excluding hydrogens is 266 g/mol. The molecule has 0 radical (unpaired) electrons. The van der Waals surface area contributed by atoms with Crippen molar-refractivity contribution in [2.45, 2.75) is 33.6 Å². The van der Waals surface area contributed by atoms with Gasteiger partial charge >= 0.3 is 5.97 Å². The summed E-state index contributed by atoms with van der Waals surface area (Å²) in [4.78, 5) is 16.2. The van der Waals surface area contributed by atoms with Crippen LogP contribution >= 0.6 is 11.6 Å². The summed E-state index contributed by atoms with van der Waals surface area (Å²) in [6, 6.07) is 0. The molecule has 0 saturated heterocycles. The maximum atomic E-state index is 11.8. The molecule has 2 heterocycles. The summed E-state index contributed by atoms with van der Waals surface area (Å²) in [5.74, 6) is -0.197. The maximum Gasteiger partial charge on any atom is 0.343 e. The van der Waals surface area contributed by atoms with Crippen LogP contribution in [0, 0.1) is 6.92 Å². The van der Waals surface area contributed by atoms with Crippen LogP contribution in [0.5, 0.6) is 0 Å². The highest BCUT2D eigenvalue weighted by atomic mass is 35.5. The molecular formula is C13H16ClN3O2. The van der Waals surface area contributed by atoms with Crippen LogP contribution < -0.4 is 0 Å². The lowest BCUT2D eigenvalue weighted by Gasteiger charge is -2.12. The Morgan fingerprint density at radius 3 is 2.79 bits per heavy atom. The van der Waals surface area contributed by atoms with Gasteiger partial charge in [-0.3, -0.25) is 0 Å². The number of halogens is 1. The van der Waals surface area contributed by atoms with Gasteiger partial charge < -0.3 is 4.74 Å². The van der Waals surface area contributed by atoms with Crippen molar-refractivity contribution in [3.63, 3.8) is 0 Å². The monoisotopic (exact) mass is 281 g/mol. The van der Waals surface area contributed by atoms with Gasteiger partial charge in [0.05, 0.1) is 12.8 Å². The third kappa shape index (κ3) is 2.30. The quantitative estimate of drug-likeness (QED) is 0.641. The van der Waals surface area contributed by atoms with Crippen LogP contribution in [0.4, 0.5) is 0 Å². The van der Waals surface area contributed by atoms with Crippen molar-refractivity contribution in [2.75, 3.05) is 6.61 Å². The number of fused-ring (bicyclic) bond motifs is 1. The third-order valence-corrected chi connectivity index (χ3v) is 3.25. The molecule has 0 fully saturated rings. The number of nitrogens with zero attached hydrogens (tertiary/aromatic N) is 3. The van der Waals surface area contributed by atoms with Crippen molar-refractivity contribution >= 4 is 23.2 Å². The first-order valence-electron chi connectivity index (χ1n) is 6.18. The Morgan fingerprint density at radius 1 is 1.53 bits per heavy atom. The highest BCUT2D eigenvalue weighted by molar-refractivity contribution is 6.30. The first-order chi connectivity index (χ1) is 8.97. The van der Waals surface area contributed by atoms with Gasteiger partial charge in [-0.25, -0.2) is 14.3 Å². The first-order valence-corrected chi connectivity index (χ1v) is 6.56. The molecule has 102 valence electrons. The van der Waals surface area contributed by atoms with Crippen molar-refractivity contribution < 1.29 is 9.53 Å². The molecule has 0 N–H and O–H groups in total. The summed E-state index contributed by atoms with van der Waals surface area (Å²) < 4.78 is 6.46. The summed E-state index contributed by atoms with van der Waals surface area (Å²) >= 11 is 6.35. The highest BCUT2D eigenvalue weighted by Gasteiger charge is 2.20. The number of hydrogen-bond donors (Lipinski definition) is 0. The minimum absolute atomic E-state index is 0.236.